The van der Waals surface area contributed by atoms with Gasteiger partial charge in [-0.1, -0.05) is 20.8 Å². The first-order valence-corrected chi connectivity index (χ1v) is 7.00. The number of piperidine rings is 1. The molecule has 1 fully saturated rings. The Bertz CT molecular complexity index is 342. The molecule has 0 spiro atoms. The topological polar surface area (TPSA) is 75.4 Å². The van der Waals surface area contributed by atoms with Gasteiger partial charge in [-0.2, -0.15) is 0 Å². The van der Waals surface area contributed by atoms with Crippen LogP contribution in [0.25, 0.3) is 0 Å². The van der Waals surface area contributed by atoms with Crippen LogP contribution in [0.2, 0.25) is 0 Å². The second-order valence-corrected chi connectivity index (χ2v) is 6.57. The van der Waals surface area contributed by atoms with E-state index in [9.17, 15) is 9.59 Å². The van der Waals surface area contributed by atoms with E-state index in [-0.39, 0.29) is 29.6 Å². The average molecular weight is 306 g/mol. The van der Waals surface area contributed by atoms with Gasteiger partial charge in [0.15, 0.2) is 0 Å². The fraction of sp³-hybridized carbons (Fsp3) is 0.857. The van der Waals surface area contributed by atoms with Gasteiger partial charge in [-0.15, -0.1) is 12.4 Å². The van der Waals surface area contributed by atoms with Gasteiger partial charge in [0.25, 0.3) is 0 Å². The predicted molar refractivity (Wildman–Crippen MR) is 82.7 cm³/mol. The van der Waals surface area contributed by atoms with Crippen LogP contribution in [0, 0.1) is 11.3 Å². The molecule has 0 saturated carbocycles. The normalized spacial score (nSPS) is 20.9. The Kier molecular flexibility index (Phi) is 7.52. The maximum Gasteiger partial charge on any atom is 0.240 e. The number of nitrogens with zero attached hydrogens (tertiary/aromatic N) is 1. The summed E-state index contributed by atoms with van der Waals surface area (Å²) in [4.78, 5) is 25.1. The fourth-order valence-corrected chi connectivity index (χ4v) is 2.29. The van der Waals surface area contributed by atoms with Crippen molar-refractivity contribution >= 4 is 24.2 Å². The van der Waals surface area contributed by atoms with Gasteiger partial charge in [0, 0.05) is 26.6 Å². The summed E-state index contributed by atoms with van der Waals surface area (Å²) >= 11 is 0. The van der Waals surface area contributed by atoms with Gasteiger partial charge in [0.1, 0.15) is 0 Å². The van der Waals surface area contributed by atoms with Crippen molar-refractivity contribution < 1.29 is 9.59 Å². The molecule has 0 bridgehead atoms. The van der Waals surface area contributed by atoms with E-state index in [4.69, 9.17) is 5.73 Å². The van der Waals surface area contributed by atoms with Crippen LogP contribution in [-0.2, 0) is 9.59 Å². The zero-order chi connectivity index (χ0) is 14.6. The first kappa shape index (κ1) is 19.2. The number of rotatable bonds is 3. The molecule has 118 valence electrons. The van der Waals surface area contributed by atoms with E-state index >= 15 is 0 Å². The third kappa shape index (κ3) is 5.67. The Morgan fingerprint density at radius 2 is 2.00 bits per heavy atom. The first-order chi connectivity index (χ1) is 8.71. The minimum Gasteiger partial charge on any atom is -0.356 e. The third-order valence-corrected chi connectivity index (χ3v) is 3.67. The van der Waals surface area contributed by atoms with Crippen molar-refractivity contribution in [2.24, 2.45) is 17.1 Å². The lowest BCUT2D eigenvalue weighted by Gasteiger charge is -2.37. The van der Waals surface area contributed by atoms with Crippen LogP contribution in [0.15, 0.2) is 0 Å². The average Bonchev–Trinajstić information content (AvgIpc) is 2.33. The van der Waals surface area contributed by atoms with E-state index in [1.165, 1.54) is 6.92 Å². The highest BCUT2D eigenvalue weighted by Crippen LogP contribution is 2.22. The molecule has 1 aliphatic rings. The lowest BCUT2D eigenvalue weighted by Crippen LogP contribution is -2.53. The van der Waals surface area contributed by atoms with Crippen molar-refractivity contribution in [1.82, 2.24) is 10.2 Å². The van der Waals surface area contributed by atoms with Gasteiger partial charge in [0.2, 0.25) is 11.8 Å². The van der Waals surface area contributed by atoms with E-state index in [0.29, 0.717) is 19.0 Å². The summed E-state index contributed by atoms with van der Waals surface area (Å²) in [5.41, 5.74) is 5.81. The van der Waals surface area contributed by atoms with Crippen LogP contribution >= 0.6 is 12.4 Å². The quantitative estimate of drug-likeness (QED) is 0.821. The Morgan fingerprint density at radius 1 is 1.40 bits per heavy atom. The fourth-order valence-electron chi connectivity index (χ4n) is 2.29. The highest BCUT2D eigenvalue weighted by molar-refractivity contribution is 5.85. The Balaban J connectivity index is 0.00000361. The monoisotopic (exact) mass is 305 g/mol. The van der Waals surface area contributed by atoms with Gasteiger partial charge in [0.05, 0.1) is 6.04 Å². The van der Waals surface area contributed by atoms with Gasteiger partial charge < -0.3 is 16.0 Å². The number of likely N-dealkylation sites (tertiary alicyclic amines) is 1. The number of nitrogens with two attached hydrogens (primary N) is 1. The zero-order valence-corrected chi connectivity index (χ0v) is 13.8. The van der Waals surface area contributed by atoms with Crippen molar-refractivity contribution in [3.8, 4) is 0 Å². The molecule has 1 unspecified atom stereocenters. The van der Waals surface area contributed by atoms with Gasteiger partial charge >= 0.3 is 0 Å². The Hall–Kier alpha value is -0.810. The number of halogens is 1. The molecule has 0 aromatic heterocycles. The predicted octanol–water partition coefficient (Wildman–Crippen LogP) is 1.16. The molecular weight excluding hydrogens is 278 g/mol. The van der Waals surface area contributed by atoms with E-state index in [2.05, 4.69) is 5.32 Å². The minimum absolute atomic E-state index is 0. The molecule has 2 atom stereocenters. The maximum atomic E-state index is 12.3. The second-order valence-electron chi connectivity index (χ2n) is 6.57. The van der Waals surface area contributed by atoms with Gasteiger partial charge in [-0.25, -0.2) is 0 Å². The first-order valence-electron chi connectivity index (χ1n) is 7.00. The SMILES string of the molecule is CC(=O)NCC1CCCN(C(=O)[C@@H](N)C(C)(C)C)C1.Cl. The largest absolute Gasteiger partial charge is 0.356 e. The molecule has 2 amide bonds. The minimum atomic E-state index is -0.466. The van der Waals surface area contributed by atoms with Crippen LogP contribution in [0.4, 0.5) is 0 Å². The molecule has 0 radical (unpaired) electrons. The number of carbonyl (C=O) groups excluding carboxylic acids is 2. The molecule has 1 rings (SSSR count). The summed E-state index contributed by atoms with van der Waals surface area (Å²) in [7, 11) is 0. The molecule has 1 saturated heterocycles. The molecular formula is C14H28ClN3O2. The zero-order valence-electron chi connectivity index (χ0n) is 12.9. The van der Waals surface area contributed by atoms with E-state index < -0.39 is 6.04 Å². The maximum absolute atomic E-state index is 12.3. The molecule has 0 aromatic carbocycles. The molecule has 6 heteroatoms. The Labute approximate surface area is 128 Å². The number of hydrogen-bond donors (Lipinski definition) is 2. The molecule has 1 aliphatic heterocycles. The van der Waals surface area contributed by atoms with Crippen LogP contribution in [0.1, 0.15) is 40.5 Å². The molecule has 0 aromatic rings. The van der Waals surface area contributed by atoms with Crippen LogP contribution in [0.5, 0.6) is 0 Å². The van der Waals surface area contributed by atoms with Crippen molar-refractivity contribution in [1.29, 1.82) is 0 Å². The molecule has 3 N–H and O–H groups in total. The van der Waals surface area contributed by atoms with Crippen LogP contribution in [0.3, 0.4) is 0 Å². The summed E-state index contributed by atoms with van der Waals surface area (Å²) in [6.07, 6.45) is 2.03. The molecule has 1 heterocycles. The summed E-state index contributed by atoms with van der Waals surface area (Å²) < 4.78 is 0. The van der Waals surface area contributed by atoms with Crippen molar-refractivity contribution in [2.75, 3.05) is 19.6 Å². The summed E-state index contributed by atoms with van der Waals surface area (Å²) in [6.45, 7) is 9.57. The highest BCUT2D eigenvalue weighted by atomic mass is 35.5. The van der Waals surface area contributed by atoms with Crippen LogP contribution < -0.4 is 11.1 Å². The van der Waals surface area contributed by atoms with Crippen molar-refractivity contribution in [3.05, 3.63) is 0 Å². The van der Waals surface area contributed by atoms with E-state index in [0.717, 1.165) is 19.4 Å². The third-order valence-electron chi connectivity index (χ3n) is 3.67. The summed E-state index contributed by atoms with van der Waals surface area (Å²) in [6, 6.07) is -0.466. The van der Waals surface area contributed by atoms with Crippen molar-refractivity contribution in [3.63, 3.8) is 0 Å². The number of hydrogen-bond acceptors (Lipinski definition) is 3. The van der Waals surface area contributed by atoms with Gasteiger partial charge in [-0.3, -0.25) is 9.59 Å². The lowest BCUT2D eigenvalue weighted by molar-refractivity contribution is -0.136. The van der Waals surface area contributed by atoms with Crippen molar-refractivity contribution in [2.45, 2.75) is 46.6 Å². The number of nitrogens with one attached hydrogen (secondary N) is 1. The summed E-state index contributed by atoms with van der Waals surface area (Å²) in [5.74, 6) is 0.351. The lowest BCUT2D eigenvalue weighted by atomic mass is 9.86. The summed E-state index contributed by atoms with van der Waals surface area (Å²) in [5, 5.41) is 2.83. The number of amides is 2. The second kappa shape index (κ2) is 7.84. The standard InChI is InChI=1S/C14H27N3O2.ClH/c1-10(18)16-8-11-6-5-7-17(9-11)13(19)12(15)14(2,3)4;/h11-12H,5-9,15H2,1-4H3,(H,16,18);1H/t11?,12-;/m1./s1. The van der Waals surface area contributed by atoms with E-state index in [1.807, 2.05) is 25.7 Å². The highest BCUT2D eigenvalue weighted by Gasteiger charge is 2.33. The smallest absolute Gasteiger partial charge is 0.240 e. The molecule has 20 heavy (non-hydrogen) atoms. The van der Waals surface area contributed by atoms with Gasteiger partial charge in [-0.05, 0) is 24.2 Å². The van der Waals surface area contributed by atoms with E-state index in [1.54, 1.807) is 0 Å². The molecule has 0 aliphatic carbocycles. The number of carbonyl (C=O) groups is 2. The molecule has 5 nitrogen and oxygen atoms in total. The Morgan fingerprint density at radius 3 is 2.50 bits per heavy atom. The van der Waals surface area contributed by atoms with Crippen LogP contribution in [-0.4, -0.2) is 42.4 Å².